The molecule has 6 heteroatoms. The molecule has 0 spiro atoms. The summed E-state index contributed by atoms with van der Waals surface area (Å²) in [4.78, 5) is 6.66. The van der Waals surface area contributed by atoms with Crippen LogP contribution in [0.25, 0.3) is 11.0 Å². The molecular formula is C17H24IN3O2. The molecule has 126 valence electrons. The SMILES string of the molecule is COc1c(CN=C(N)N2CCCC(C)C2)oc2ccccc12.I. The van der Waals surface area contributed by atoms with E-state index in [0.29, 0.717) is 18.4 Å². The predicted octanol–water partition coefficient (Wildman–Crippen LogP) is 3.61. The number of methoxy groups -OCH3 is 1. The number of ether oxygens (including phenoxy) is 1. The van der Waals surface area contributed by atoms with E-state index in [-0.39, 0.29) is 24.0 Å². The number of nitrogens with two attached hydrogens (primary N) is 1. The van der Waals surface area contributed by atoms with Gasteiger partial charge in [-0.25, -0.2) is 4.99 Å². The van der Waals surface area contributed by atoms with E-state index in [0.717, 1.165) is 35.6 Å². The number of hydrogen-bond acceptors (Lipinski definition) is 3. The monoisotopic (exact) mass is 429 g/mol. The number of para-hydroxylation sites is 1. The Bertz CT molecular complexity index is 684. The lowest BCUT2D eigenvalue weighted by Gasteiger charge is -2.31. The van der Waals surface area contributed by atoms with Crippen LogP contribution in [0.15, 0.2) is 33.7 Å². The fourth-order valence-electron chi connectivity index (χ4n) is 3.05. The topological polar surface area (TPSA) is 64.0 Å². The van der Waals surface area contributed by atoms with Crippen LogP contribution in [0, 0.1) is 5.92 Å². The number of piperidine rings is 1. The highest BCUT2D eigenvalue weighted by molar-refractivity contribution is 14.0. The molecule has 5 nitrogen and oxygen atoms in total. The Hall–Kier alpha value is -1.44. The highest BCUT2D eigenvalue weighted by Crippen LogP contribution is 2.33. The fraction of sp³-hybridized carbons (Fsp3) is 0.471. The lowest BCUT2D eigenvalue weighted by molar-refractivity contribution is 0.270. The van der Waals surface area contributed by atoms with E-state index in [2.05, 4.69) is 16.8 Å². The zero-order valence-electron chi connectivity index (χ0n) is 13.6. The van der Waals surface area contributed by atoms with Crippen LogP contribution in [0.5, 0.6) is 5.75 Å². The summed E-state index contributed by atoms with van der Waals surface area (Å²) in [7, 11) is 1.65. The summed E-state index contributed by atoms with van der Waals surface area (Å²) in [6, 6.07) is 7.83. The molecule has 1 aliphatic heterocycles. The molecule has 2 heterocycles. The Morgan fingerprint density at radius 1 is 1.43 bits per heavy atom. The van der Waals surface area contributed by atoms with Crippen LogP contribution in [-0.4, -0.2) is 31.1 Å². The Morgan fingerprint density at radius 3 is 2.96 bits per heavy atom. The molecule has 0 aliphatic carbocycles. The average molecular weight is 429 g/mol. The van der Waals surface area contributed by atoms with Crippen molar-refractivity contribution in [2.24, 2.45) is 16.6 Å². The predicted molar refractivity (Wildman–Crippen MR) is 103 cm³/mol. The maximum absolute atomic E-state index is 6.14. The van der Waals surface area contributed by atoms with E-state index in [1.165, 1.54) is 12.8 Å². The van der Waals surface area contributed by atoms with E-state index in [4.69, 9.17) is 14.9 Å². The van der Waals surface area contributed by atoms with E-state index in [9.17, 15) is 0 Å². The second-order valence-corrected chi connectivity index (χ2v) is 5.92. The van der Waals surface area contributed by atoms with Crippen molar-refractivity contribution < 1.29 is 9.15 Å². The van der Waals surface area contributed by atoms with E-state index in [1.54, 1.807) is 7.11 Å². The number of fused-ring (bicyclic) bond motifs is 1. The highest BCUT2D eigenvalue weighted by atomic mass is 127. The number of guanidine groups is 1. The van der Waals surface area contributed by atoms with Gasteiger partial charge in [-0.05, 0) is 30.9 Å². The molecule has 1 atom stereocenters. The van der Waals surface area contributed by atoms with Crippen LogP contribution in [0.1, 0.15) is 25.5 Å². The van der Waals surface area contributed by atoms with Crippen LogP contribution < -0.4 is 10.5 Å². The molecule has 1 unspecified atom stereocenters. The van der Waals surface area contributed by atoms with Crippen LogP contribution in [-0.2, 0) is 6.54 Å². The first kappa shape index (κ1) is 17.9. The molecule has 1 aliphatic rings. The number of hydrogen-bond donors (Lipinski definition) is 1. The smallest absolute Gasteiger partial charge is 0.191 e. The molecule has 23 heavy (non-hydrogen) atoms. The minimum Gasteiger partial charge on any atom is -0.492 e. The van der Waals surface area contributed by atoms with Crippen LogP contribution >= 0.6 is 24.0 Å². The Labute approximate surface area is 153 Å². The molecule has 3 rings (SSSR count). The van der Waals surface area contributed by atoms with E-state index < -0.39 is 0 Å². The molecule has 0 radical (unpaired) electrons. The molecule has 1 aromatic carbocycles. The number of halogens is 1. The highest BCUT2D eigenvalue weighted by Gasteiger charge is 2.18. The van der Waals surface area contributed by atoms with Gasteiger partial charge in [-0.2, -0.15) is 0 Å². The second-order valence-electron chi connectivity index (χ2n) is 5.92. The van der Waals surface area contributed by atoms with Gasteiger partial charge in [0.1, 0.15) is 12.1 Å². The van der Waals surface area contributed by atoms with Gasteiger partial charge in [-0.1, -0.05) is 19.1 Å². The summed E-state index contributed by atoms with van der Waals surface area (Å²) in [5.41, 5.74) is 6.95. The van der Waals surface area contributed by atoms with Gasteiger partial charge in [-0.3, -0.25) is 0 Å². The van der Waals surface area contributed by atoms with E-state index in [1.807, 2.05) is 24.3 Å². The van der Waals surface area contributed by atoms with Crippen LogP contribution in [0.4, 0.5) is 0 Å². The third kappa shape index (κ3) is 3.91. The number of furan rings is 1. The molecule has 0 amide bonds. The zero-order valence-corrected chi connectivity index (χ0v) is 15.9. The minimum absolute atomic E-state index is 0. The average Bonchev–Trinajstić information content (AvgIpc) is 2.90. The number of nitrogens with zero attached hydrogens (tertiary/aromatic N) is 2. The molecule has 0 saturated carbocycles. The van der Waals surface area contributed by atoms with Crippen LogP contribution in [0.3, 0.4) is 0 Å². The summed E-state index contributed by atoms with van der Waals surface area (Å²) in [5.74, 6) is 2.73. The van der Waals surface area contributed by atoms with Crippen molar-refractivity contribution in [2.75, 3.05) is 20.2 Å². The molecule has 1 saturated heterocycles. The summed E-state index contributed by atoms with van der Waals surface area (Å²) >= 11 is 0. The first-order chi connectivity index (χ1) is 10.7. The van der Waals surface area contributed by atoms with Gasteiger partial charge < -0.3 is 19.8 Å². The van der Waals surface area contributed by atoms with Gasteiger partial charge in [0, 0.05) is 13.1 Å². The van der Waals surface area contributed by atoms with Gasteiger partial charge in [0.05, 0.1) is 12.5 Å². The normalized spacial score (nSPS) is 18.8. The fourth-order valence-corrected chi connectivity index (χ4v) is 3.05. The van der Waals surface area contributed by atoms with Crippen molar-refractivity contribution in [3.63, 3.8) is 0 Å². The van der Waals surface area contributed by atoms with Crippen molar-refractivity contribution in [3.05, 3.63) is 30.0 Å². The van der Waals surface area contributed by atoms with Gasteiger partial charge >= 0.3 is 0 Å². The first-order valence-electron chi connectivity index (χ1n) is 7.78. The molecule has 2 N–H and O–H groups in total. The van der Waals surface area contributed by atoms with Gasteiger partial charge in [0.2, 0.25) is 0 Å². The molecule has 1 fully saturated rings. The molecule has 2 aromatic rings. The molecular weight excluding hydrogens is 405 g/mol. The largest absolute Gasteiger partial charge is 0.492 e. The van der Waals surface area contributed by atoms with E-state index >= 15 is 0 Å². The maximum Gasteiger partial charge on any atom is 0.191 e. The van der Waals surface area contributed by atoms with Crippen molar-refractivity contribution in [1.82, 2.24) is 4.90 Å². The number of benzene rings is 1. The molecule has 0 bridgehead atoms. The third-order valence-electron chi connectivity index (χ3n) is 4.19. The van der Waals surface area contributed by atoms with Crippen molar-refractivity contribution >= 4 is 40.9 Å². The lowest BCUT2D eigenvalue weighted by atomic mass is 10.0. The standard InChI is InChI=1S/C17H23N3O2.HI/c1-12-6-5-9-20(11-12)17(18)19-10-15-16(21-2)13-7-3-4-8-14(13)22-15;/h3-4,7-8,12H,5-6,9-11H2,1-2H3,(H2,18,19);1H. The van der Waals surface area contributed by atoms with Gasteiger partial charge in [-0.15, -0.1) is 24.0 Å². The van der Waals surface area contributed by atoms with Crippen molar-refractivity contribution in [3.8, 4) is 5.75 Å². The Morgan fingerprint density at radius 2 is 2.22 bits per heavy atom. The number of aliphatic imine (C=N–C) groups is 1. The quantitative estimate of drug-likeness (QED) is 0.460. The summed E-state index contributed by atoms with van der Waals surface area (Å²) in [6.45, 7) is 4.61. The number of rotatable bonds is 3. The second kappa shape index (κ2) is 7.90. The summed E-state index contributed by atoms with van der Waals surface area (Å²) in [5, 5.41) is 0.973. The number of likely N-dealkylation sites (tertiary alicyclic amines) is 1. The Kier molecular flexibility index (Phi) is 6.15. The lowest BCUT2D eigenvalue weighted by Crippen LogP contribution is -2.43. The minimum atomic E-state index is 0. The molecule has 1 aromatic heterocycles. The first-order valence-corrected chi connectivity index (χ1v) is 7.78. The summed E-state index contributed by atoms with van der Waals surface area (Å²) in [6.07, 6.45) is 2.44. The van der Waals surface area contributed by atoms with Crippen molar-refractivity contribution in [2.45, 2.75) is 26.3 Å². The van der Waals surface area contributed by atoms with Gasteiger partial charge in [0.25, 0.3) is 0 Å². The van der Waals surface area contributed by atoms with Crippen molar-refractivity contribution in [1.29, 1.82) is 0 Å². The van der Waals surface area contributed by atoms with Gasteiger partial charge in [0.15, 0.2) is 17.5 Å². The Balaban J connectivity index is 0.00000192. The maximum atomic E-state index is 6.14. The van der Waals surface area contributed by atoms with Crippen LogP contribution in [0.2, 0.25) is 0 Å². The zero-order chi connectivity index (χ0) is 15.5. The third-order valence-corrected chi connectivity index (χ3v) is 4.19. The summed E-state index contributed by atoms with van der Waals surface area (Å²) < 4.78 is 11.3.